The van der Waals surface area contributed by atoms with Crippen LogP contribution in [0.15, 0.2) is 36.5 Å². The third-order valence-electron chi connectivity index (χ3n) is 2.09. The van der Waals surface area contributed by atoms with Crippen molar-refractivity contribution in [2.45, 2.75) is 0 Å². The predicted molar refractivity (Wildman–Crippen MR) is 70.4 cm³/mol. The van der Waals surface area contributed by atoms with E-state index in [9.17, 15) is 9.18 Å². The number of benzene rings is 1. The number of pyridine rings is 1. The van der Waals surface area contributed by atoms with Crippen molar-refractivity contribution in [3.8, 4) is 11.6 Å². The number of carboxylic acid groups (broad SMARTS) is 1. The van der Waals surface area contributed by atoms with Crippen LogP contribution in [0.1, 0.15) is 10.4 Å². The Kier molecular flexibility index (Phi) is 3.75. The molecule has 0 saturated heterocycles. The van der Waals surface area contributed by atoms with Gasteiger partial charge < -0.3 is 9.84 Å². The average Bonchev–Trinajstić information content (AvgIpc) is 2.34. The third-order valence-corrected chi connectivity index (χ3v) is 2.98. The number of nitrogens with zero attached hydrogens (tertiary/aromatic N) is 1. The molecule has 0 aliphatic carbocycles. The van der Waals surface area contributed by atoms with Crippen LogP contribution >= 0.6 is 22.6 Å². The lowest BCUT2D eigenvalue weighted by Gasteiger charge is -2.08. The number of hydrogen-bond acceptors (Lipinski definition) is 3. The number of rotatable bonds is 3. The highest BCUT2D eigenvalue weighted by molar-refractivity contribution is 14.1. The molecule has 0 fully saturated rings. The zero-order chi connectivity index (χ0) is 13.1. The van der Waals surface area contributed by atoms with E-state index in [2.05, 4.69) is 4.98 Å². The predicted octanol–water partition coefficient (Wildman–Crippen LogP) is 3.32. The molecule has 4 nitrogen and oxygen atoms in total. The molecule has 92 valence electrons. The summed E-state index contributed by atoms with van der Waals surface area (Å²) in [5.41, 5.74) is -0.311. The summed E-state index contributed by atoms with van der Waals surface area (Å²) in [4.78, 5) is 14.6. The van der Waals surface area contributed by atoms with Crippen molar-refractivity contribution in [1.82, 2.24) is 4.98 Å². The fourth-order valence-electron chi connectivity index (χ4n) is 1.29. The summed E-state index contributed by atoms with van der Waals surface area (Å²) in [6.07, 6.45) is 0.914. The molecule has 1 aromatic heterocycles. The van der Waals surface area contributed by atoms with Crippen LogP contribution in [0.4, 0.5) is 4.39 Å². The minimum Gasteiger partial charge on any atom is -0.477 e. The standard InChI is InChI=1S/C12H7FINO3/c13-7-5-8(12(16)17)11(15-6-7)18-10-4-2-1-3-9(10)14/h1-6H,(H,16,17). The van der Waals surface area contributed by atoms with Gasteiger partial charge in [0.15, 0.2) is 0 Å². The van der Waals surface area contributed by atoms with Crippen LogP contribution in [0.25, 0.3) is 0 Å². The Morgan fingerprint density at radius 3 is 2.78 bits per heavy atom. The van der Waals surface area contributed by atoms with Gasteiger partial charge in [0.05, 0.1) is 9.77 Å². The molecule has 0 saturated carbocycles. The Hall–Kier alpha value is -1.70. The van der Waals surface area contributed by atoms with Crippen LogP contribution in [-0.4, -0.2) is 16.1 Å². The zero-order valence-electron chi connectivity index (χ0n) is 8.93. The second kappa shape index (κ2) is 5.30. The minimum absolute atomic E-state index is 0.131. The fraction of sp³-hybridized carbons (Fsp3) is 0. The lowest BCUT2D eigenvalue weighted by Crippen LogP contribution is -2.03. The van der Waals surface area contributed by atoms with Crippen LogP contribution in [-0.2, 0) is 0 Å². The summed E-state index contributed by atoms with van der Waals surface area (Å²) in [5.74, 6) is -1.67. The number of aromatic carboxylic acids is 1. The van der Waals surface area contributed by atoms with E-state index in [0.29, 0.717) is 5.75 Å². The first-order chi connectivity index (χ1) is 8.58. The quantitative estimate of drug-likeness (QED) is 0.855. The normalized spacial score (nSPS) is 10.1. The number of para-hydroxylation sites is 1. The van der Waals surface area contributed by atoms with Crippen LogP contribution in [0.5, 0.6) is 11.6 Å². The SMILES string of the molecule is O=C(O)c1cc(F)cnc1Oc1ccccc1I. The molecule has 0 aliphatic heterocycles. The number of hydrogen-bond donors (Lipinski definition) is 1. The smallest absolute Gasteiger partial charge is 0.341 e. The highest BCUT2D eigenvalue weighted by Gasteiger charge is 2.15. The van der Waals surface area contributed by atoms with Gasteiger partial charge in [-0.1, -0.05) is 12.1 Å². The van der Waals surface area contributed by atoms with Crippen molar-refractivity contribution in [1.29, 1.82) is 0 Å². The van der Waals surface area contributed by atoms with Gasteiger partial charge in [0.2, 0.25) is 5.88 Å². The van der Waals surface area contributed by atoms with E-state index in [4.69, 9.17) is 9.84 Å². The fourth-order valence-corrected chi connectivity index (χ4v) is 1.79. The summed E-state index contributed by atoms with van der Waals surface area (Å²) in [6, 6.07) is 7.94. The molecule has 0 amide bonds. The second-order valence-corrected chi connectivity index (χ2v) is 4.51. The molecule has 18 heavy (non-hydrogen) atoms. The molecule has 0 aliphatic rings. The molecule has 1 heterocycles. The summed E-state index contributed by atoms with van der Waals surface area (Å²) in [6.45, 7) is 0. The average molecular weight is 359 g/mol. The number of carboxylic acids is 1. The van der Waals surface area contributed by atoms with Crippen LogP contribution in [0.2, 0.25) is 0 Å². The van der Waals surface area contributed by atoms with Crippen molar-refractivity contribution in [2.75, 3.05) is 0 Å². The number of carbonyl (C=O) groups is 1. The van der Waals surface area contributed by atoms with E-state index in [-0.39, 0.29) is 11.4 Å². The molecular weight excluding hydrogens is 352 g/mol. The van der Waals surface area contributed by atoms with E-state index < -0.39 is 11.8 Å². The Balaban J connectivity index is 2.41. The van der Waals surface area contributed by atoms with Gasteiger partial charge in [0.25, 0.3) is 0 Å². The van der Waals surface area contributed by atoms with Crippen molar-refractivity contribution >= 4 is 28.6 Å². The number of halogens is 2. The topological polar surface area (TPSA) is 59.4 Å². The Bertz CT molecular complexity index is 604. The lowest BCUT2D eigenvalue weighted by molar-refractivity contribution is 0.0692. The van der Waals surface area contributed by atoms with Gasteiger partial charge in [-0.25, -0.2) is 14.2 Å². The largest absolute Gasteiger partial charge is 0.477 e. The Labute approximate surface area is 116 Å². The zero-order valence-corrected chi connectivity index (χ0v) is 11.1. The van der Waals surface area contributed by atoms with Crippen molar-refractivity contribution in [2.24, 2.45) is 0 Å². The number of ether oxygens (including phenoxy) is 1. The minimum atomic E-state index is -1.29. The van der Waals surface area contributed by atoms with E-state index in [1.54, 1.807) is 18.2 Å². The second-order valence-electron chi connectivity index (χ2n) is 3.34. The van der Waals surface area contributed by atoms with Crippen LogP contribution in [0, 0.1) is 9.39 Å². The van der Waals surface area contributed by atoms with E-state index in [0.717, 1.165) is 15.8 Å². The van der Waals surface area contributed by atoms with Gasteiger partial charge in [0.1, 0.15) is 17.1 Å². The maximum atomic E-state index is 12.9. The molecule has 0 bridgehead atoms. The third kappa shape index (κ3) is 2.76. The Morgan fingerprint density at radius 2 is 2.11 bits per heavy atom. The lowest BCUT2D eigenvalue weighted by atomic mass is 10.2. The van der Waals surface area contributed by atoms with Gasteiger partial charge in [-0.15, -0.1) is 0 Å². The van der Waals surface area contributed by atoms with Crippen LogP contribution in [0.3, 0.4) is 0 Å². The first-order valence-electron chi connectivity index (χ1n) is 4.89. The first-order valence-corrected chi connectivity index (χ1v) is 5.97. The molecule has 2 rings (SSSR count). The van der Waals surface area contributed by atoms with E-state index in [1.807, 2.05) is 28.7 Å². The maximum absolute atomic E-state index is 12.9. The molecule has 0 atom stereocenters. The summed E-state index contributed by atoms with van der Waals surface area (Å²) in [7, 11) is 0. The summed E-state index contributed by atoms with van der Waals surface area (Å²) in [5, 5.41) is 8.95. The molecule has 0 radical (unpaired) electrons. The monoisotopic (exact) mass is 359 g/mol. The Morgan fingerprint density at radius 1 is 1.39 bits per heavy atom. The van der Waals surface area contributed by atoms with Crippen LogP contribution < -0.4 is 4.74 Å². The molecule has 0 unspecified atom stereocenters. The van der Waals surface area contributed by atoms with Gasteiger partial charge in [-0.05, 0) is 40.8 Å². The molecule has 1 N–H and O–H groups in total. The highest BCUT2D eigenvalue weighted by Crippen LogP contribution is 2.27. The van der Waals surface area contributed by atoms with E-state index >= 15 is 0 Å². The highest BCUT2D eigenvalue weighted by atomic mass is 127. The van der Waals surface area contributed by atoms with Crippen molar-refractivity contribution in [3.63, 3.8) is 0 Å². The molecular formula is C12H7FINO3. The number of aromatic nitrogens is 1. The maximum Gasteiger partial charge on any atom is 0.341 e. The van der Waals surface area contributed by atoms with E-state index in [1.165, 1.54) is 0 Å². The molecule has 0 spiro atoms. The van der Waals surface area contributed by atoms with Gasteiger partial charge >= 0.3 is 5.97 Å². The molecule has 1 aromatic carbocycles. The van der Waals surface area contributed by atoms with Gasteiger partial charge in [-0.2, -0.15) is 0 Å². The summed E-state index contributed by atoms with van der Waals surface area (Å²) < 4.78 is 19.1. The van der Waals surface area contributed by atoms with Gasteiger partial charge in [-0.3, -0.25) is 0 Å². The molecule has 2 aromatic rings. The summed E-state index contributed by atoms with van der Waals surface area (Å²) >= 11 is 2.05. The van der Waals surface area contributed by atoms with Gasteiger partial charge in [0, 0.05) is 0 Å². The van der Waals surface area contributed by atoms with Crippen molar-refractivity contribution in [3.05, 3.63) is 51.5 Å². The molecule has 6 heteroatoms. The first kappa shape index (κ1) is 12.7. The van der Waals surface area contributed by atoms with Crippen molar-refractivity contribution < 1.29 is 19.0 Å².